The van der Waals surface area contributed by atoms with Gasteiger partial charge in [-0.2, -0.15) is 5.09 Å². The second-order valence-electron chi connectivity index (χ2n) is 11.2. The lowest BCUT2D eigenvalue weighted by molar-refractivity contribution is -0.384. The summed E-state index contributed by atoms with van der Waals surface area (Å²) in [5, 5.41) is 13.7. The molecule has 2 aliphatic carbocycles. The van der Waals surface area contributed by atoms with E-state index < -0.39 is 24.7 Å². The minimum Gasteiger partial charge on any atom is -0.461 e. The maximum atomic E-state index is 13.8. The SMILES string of the molecule is C[C@H](NP(=O)(Oc1ccc([N+](=O)[O-])cc1)Oc1ccc(C(C)(C)C)cc1)C(=O)OC1CC2(CCCC2)C1. The Bertz CT molecular complexity index is 1160. The number of carbonyl (C=O) groups is 1. The van der Waals surface area contributed by atoms with Gasteiger partial charge in [0.1, 0.15) is 23.6 Å². The molecule has 2 saturated carbocycles. The van der Waals surface area contributed by atoms with Gasteiger partial charge in [-0.1, -0.05) is 45.7 Å². The molecule has 2 aromatic rings. The zero-order valence-corrected chi connectivity index (χ0v) is 22.7. The number of nitrogens with one attached hydrogen (secondary N) is 1. The highest BCUT2D eigenvalue weighted by atomic mass is 31.2. The van der Waals surface area contributed by atoms with Crippen molar-refractivity contribution in [1.82, 2.24) is 5.09 Å². The van der Waals surface area contributed by atoms with Crippen molar-refractivity contribution in [3.8, 4) is 11.5 Å². The summed E-state index contributed by atoms with van der Waals surface area (Å²) in [6.45, 7) is 7.79. The first-order valence-corrected chi connectivity index (χ1v) is 14.2. The van der Waals surface area contributed by atoms with Crippen molar-refractivity contribution in [2.24, 2.45) is 5.41 Å². The van der Waals surface area contributed by atoms with E-state index in [-0.39, 0.29) is 28.7 Å². The van der Waals surface area contributed by atoms with Crippen molar-refractivity contribution in [2.75, 3.05) is 0 Å². The molecule has 2 atom stereocenters. The van der Waals surface area contributed by atoms with Crippen molar-refractivity contribution in [1.29, 1.82) is 0 Å². The van der Waals surface area contributed by atoms with Crippen molar-refractivity contribution < 1.29 is 28.1 Å². The Morgan fingerprint density at radius 1 is 1.03 bits per heavy atom. The van der Waals surface area contributed by atoms with E-state index in [9.17, 15) is 19.5 Å². The molecule has 0 aromatic heterocycles. The van der Waals surface area contributed by atoms with Gasteiger partial charge in [-0.3, -0.25) is 14.9 Å². The first-order valence-electron chi connectivity index (χ1n) is 12.7. The van der Waals surface area contributed by atoms with Crippen molar-refractivity contribution in [3.05, 3.63) is 64.2 Å². The van der Waals surface area contributed by atoms with Crippen LogP contribution >= 0.6 is 7.75 Å². The molecule has 200 valence electrons. The number of ether oxygens (including phenoxy) is 1. The van der Waals surface area contributed by atoms with Crippen molar-refractivity contribution >= 4 is 19.4 Å². The third-order valence-corrected chi connectivity index (χ3v) is 8.80. The Balaban J connectivity index is 1.46. The van der Waals surface area contributed by atoms with Crippen LogP contribution in [0.5, 0.6) is 11.5 Å². The molecule has 1 spiro atoms. The van der Waals surface area contributed by atoms with Crippen molar-refractivity contribution in [2.45, 2.75) is 83.8 Å². The molecular weight excluding hydrogens is 495 g/mol. The molecule has 2 aliphatic rings. The van der Waals surface area contributed by atoms with Gasteiger partial charge < -0.3 is 13.8 Å². The summed E-state index contributed by atoms with van der Waals surface area (Å²) in [7, 11) is -4.15. The van der Waals surface area contributed by atoms with E-state index in [2.05, 4.69) is 25.9 Å². The van der Waals surface area contributed by atoms with Crippen LogP contribution in [0.25, 0.3) is 0 Å². The summed E-state index contributed by atoms with van der Waals surface area (Å²) < 4.78 is 31.0. The maximum absolute atomic E-state index is 13.8. The van der Waals surface area contributed by atoms with Gasteiger partial charge in [-0.25, -0.2) is 4.57 Å². The third kappa shape index (κ3) is 6.70. The highest BCUT2D eigenvalue weighted by Gasteiger charge is 2.48. The van der Waals surface area contributed by atoms with Crippen LogP contribution in [-0.2, 0) is 19.5 Å². The minimum absolute atomic E-state index is 0.0768. The van der Waals surface area contributed by atoms with Gasteiger partial charge in [0.2, 0.25) is 0 Å². The molecule has 0 bridgehead atoms. The lowest BCUT2D eigenvalue weighted by Gasteiger charge is -2.44. The number of esters is 1. The molecule has 10 heteroatoms. The first-order chi connectivity index (χ1) is 17.4. The standard InChI is InChI=1S/C27H35N2O7P/c1-19(25(30)34-24-17-27(18-24)15-5-6-16-27)28-37(33,36-23-13-9-21(10-14-23)29(31)32)35-22-11-7-20(8-12-22)26(2,3)4/h7-14,19,24H,5-6,15-18H2,1-4H3,(H,28,33)/t19-,37?/m0/s1. The molecule has 0 aliphatic heterocycles. The number of nitro groups is 1. The molecule has 0 saturated heterocycles. The Hall–Kier alpha value is -2.90. The molecule has 0 radical (unpaired) electrons. The predicted octanol–water partition coefficient (Wildman–Crippen LogP) is 6.70. The molecule has 1 N–H and O–H groups in total. The summed E-state index contributed by atoms with van der Waals surface area (Å²) >= 11 is 0. The van der Waals surface area contributed by atoms with Gasteiger partial charge in [0.15, 0.2) is 0 Å². The summed E-state index contributed by atoms with van der Waals surface area (Å²) in [6, 6.07) is 11.3. The van der Waals surface area contributed by atoms with Crippen LogP contribution < -0.4 is 14.1 Å². The number of rotatable bonds is 9. The Morgan fingerprint density at radius 3 is 2.03 bits per heavy atom. The maximum Gasteiger partial charge on any atom is 0.513 e. The molecule has 1 unspecified atom stereocenters. The number of non-ortho nitro benzene ring substituents is 1. The number of benzene rings is 2. The largest absolute Gasteiger partial charge is 0.513 e. The highest BCUT2D eigenvalue weighted by Crippen LogP contribution is 2.54. The predicted molar refractivity (Wildman–Crippen MR) is 140 cm³/mol. The minimum atomic E-state index is -4.15. The van der Waals surface area contributed by atoms with Gasteiger partial charge in [-0.05, 0) is 73.3 Å². The molecule has 2 fully saturated rings. The summed E-state index contributed by atoms with van der Waals surface area (Å²) in [6.07, 6.45) is 6.46. The molecule has 9 nitrogen and oxygen atoms in total. The smallest absolute Gasteiger partial charge is 0.461 e. The van der Waals surface area contributed by atoms with Gasteiger partial charge in [0.25, 0.3) is 5.69 Å². The molecule has 0 heterocycles. The van der Waals surface area contributed by atoms with Gasteiger partial charge >= 0.3 is 13.7 Å². The average Bonchev–Trinajstić information content (AvgIpc) is 3.29. The highest BCUT2D eigenvalue weighted by molar-refractivity contribution is 7.52. The summed E-state index contributed by atoms with van der Waals surface area (Å²) in [4.78, 5) is 23.3. The van der Waals surface area contributed by atoms with E-state index in [1.807, 2.05) is 12.1 Å². The van der Waals surface area contributed by atoms with Crippen molar-refractivity contribution in [3.63, 3.8) is 0 Å². The number of hydrogen-bond donors (Lipinski definition) is 1. The van der Waals surface area contributed by atoms with E-state index in [1.165, 1.54) is 49.9 Å². The monoisotopic (exact) mass is 530 g/mol. The van der Waals surface area contributed by atoms with Gasteiger partial charge in [0, 0.05) is 12.1 Å². The fourth-order valence-corrected chi connectivity index (χ4v) is 6.59. The number of nitrogens with zero attached hydrogens (tertiary/aromatic N) is 1. The number of hydrogen-bond acceptors (Lipinski definition) is 7. The summed E-state index contributed by atoms with van der Waals surface area (Å²) in [5.41, 5.74) is 1.19. The fraction of sp³-hybridized carbons (Fsp3) is 0.519. The average molecular weight is 531 g/mol. The van der Waals surface area contributed by atoms with Crippen LogP contribution in [0.4, 0.5) is 5.69 Å². The molecule has 2 aromatic carbocycles. The third-order valence-electron chi connectivity index (χ3n) is 7.19. The number of nitro benzene ring substituents is 1. The zero-order valence-electron chi connectivity index (χ0n) is 21.8. The fourth-order valence-electron chi connectivity index (χ4n) is 5.07. The van der Waals surface area contributed by atoms with E-state index in [0.29, 0.717) is 5.41 Å². The van der Waals surface area contributed by atoms with Crippen LogP contribution in [0, 0.1) is 15.5 Å². The van der Waals surface area contributed by atoms with Crippen LogP contribution in [0.15, 0.2) is 48.5 Å². The van der Waals surface area contributed by atoms with E-state index >= 15 is 0 Å². The van der Waals surface area contributed by atoms with Crippen LogP contribution in [-0.4, -0.2) is 23.0 Å². The quantitative estimate of drug-likeness (QED) is 0.165. The van der Waals surface area contributed by atoms with E-state index in [1.54, 1.807) is 19.1 Å². The van der Waals surface area contributed by atoms with E-state index in [4.69, 9.17) is 13.8 Å². The van der Waals surface area contributed by atoms with E-state index in [0.717, 1.165) is 18.4 Å². The lowest BCUT2D eigenvalue weighted by Crippen LogP contribution is -2.45. The lowest BCUT2D eigenvalue weighted by atomic mass is 9.65. The van der Waals surface area contributed by atoms with Gasteiger partial charge in [0.05, 0.1) is 4.92 Å². The second kappa shape index (κ2) is 10.5. The number of carbonyl (C=O) groups excluding carboxylic acids is 1. The topological polar surface area (TPSA) is 117 Å². The Morgan fingerprint density at radius 2 is 1.54 bits per heavy atom. The van der Waals surface area contributed by atoms with Gasteiger partial charge in [-0.15, -0.1) is 0 Å². The molecule has 37 heavy (non-hydrogen) atoms. The second-order valence-corrected chi connectivity index (χ2v) is 12.8. The summed E-state index contributed by atoms with van der Waals surface area (Å²) in [5.74, 6) is -0.152. The Kier molecular flexibility index (Phi) is 7.67. The zero-order chi connectivity index (χ0) is 26.8. The van der Waals surface area contributed by atoms with Crippen LogP contribution in [0.2, 0.25) is 0 Å². The normalized spacial score (nSPS) is 19.5. The Labute approximate surface area is 217 Å². The van der Waals surface area contributed by atoms with Crippen LogP contribution in [0.3, 0.4) is 0 Å². The molecular formula is C27H35N2O7P. The first kappa shape index (κ1) is 27.1. The molecule has 4 rings (SSSR count). The van der Waals surface area contributed by atoms with Crippen LogP contribution in [0.1, 0.15) is 71.8 Å². The molecule has 0 amide bonds.